The van der Waals surface area contributed by atoms with Gasteiger partial charge in [0.2, 0.25) is 0 Å². The molecular formula is C27H29N5O2S2. The van der Waals surface area contributed by atoms with Gasteiger partial charge in [0, 0.05) is 41.6 Å². The number of carboxylic acids is 1. The van der Waals surface area contributed by atoms with Crippen molar-refractivity contribution in [1.29, 1.82) is 0 Å². The number of carbonyl (C=O) groups is 1. The molecule has 186 valence electrons. The fourth-order valence-electron chi connectivity index (χ4n) is 3.66. The van der Waals surface area contributed by atoms with E-state index in [4.69, 9.17) is 0 Å². The lowest BCUT2D eigenvalue weighted by Gasteiger charge is -2.16. The van der Waals surface area contributed by atoms with Crippen LogP contribution in [0, 0.1) is 0 Å². The first-order valence-corrected chi connectivity index (χ1v) is 13.6. The molecule has 1 atom stereocenters. The zero-order valence-corrected chi connectivity index (χ0v) is 22.2. The second-order valence-electron chi connectivity index (χ2n) is 9.05. The summed E-state index contributed by atoms with van der Waals surface area (Å²) in [6, 6.07) is 8.41. The smallest absolute Gasteiger partial charge is 0.319 e. The maximum Gasteiger partial charge on any atom is 0.319 e. The molecule has 0 aliphatic carbocycles. The Morgan fingerprint density at radius 1 is 1.06 bits per heavy atom. The van der Waals surface area contributed by atoms with E-state index in [9.17, 15) is 9.90 Å². The largest absolute Gasteiger partial charge is 0.480 e. The van der Waals surface area contributed by atoms with Crippen LogP contribution in [0.15, 0.2) is 65.0 Å². The molecule has 1 N–H and O–H groups in total. The molecule has 1 unspecified atom stereocenters. The second kappa shape index (κ2) is 11.7. The molecule has 9 heteroatoms. The van der Waals surface area contributed by atoms with Crippen LogP contribution in [-0.4, -0.2) is 40.7 Å². The lowest BCUT2D eigenvalue weighted by atomic mass is 9.92. The first-order chi connectivity index (χ1) is 17.3. The number of thiazole rings is 1. The fraction of sp³-hybridized carbons (Fsp3) is 0.333. The van der Waals surface area contributed by atoms with E-state index in [1.165, 1.54) is 28.7 Å². The van der Waals surface area contributed by atoms with Crippen LogP contribution in [0.1, 0.15) is 55.8 Å². The molecule has 4 aromatic rings. The van der Waals surface area contributed by atoms with Gasteiger partial charge in [-0.2, -0.15) is 0 Å². The summed E-state index contributed by atoms with van der Waals surface area (Å²) < 4.78 is -0.138. The van der Waals surface area contributed by atoms with Crippen LogP contribution in [0.5, 0.6) is 0 Å². The Hall–Kier alpha value is -3.17. The quantitative estimate of drug-likeness (QED) is 0.246. The fourth-order valence-corrected chi connectivity index (χ4v) is 5.88. The van der Waals surface area contributed by atoms with Crippen LogP contribution in [0.2, 0.25) is 0 Å². The first kappa shape index (κ1) is 25.9. The number of hydrogen-bond donors (Lipinski definition) is 1. The number of benzene rings is 1. The van der Waals surface area contributed by atoms with Crippen molar-refractivity contribution in [2.24, 2.45) is 0 Å². The molecule has 36 heavy (non-hydrogen) atoms. The standard InChI is InChI=1S/C27H29N5O2S2/c1-4-18-14-30-24(31-15-18)21(9-10-22-17-35-26(32-22)36-27(2,3)25(33)34)13-19-5-7-20(8-6-19)23-16-28-11-12-29-23/h5-8,11-12,14-17,21H,4,9-10,13H2,1-3H3,(H,33,34). The number of hydrogen-bond acceptors (Lipinski definition) is 8. The van der Waals surface area contributed by atoms with Crippen molar-refractivity contribution in [2.75, 3.05) is 0 Å². The third kappa shape index (κ3) is 6.73. The third-order valence-corrected chi connectivity index (χ3v) is 8.10. The third-order valence-electron chi connectivity index (χ3n) is 5.93. The lowest BCUT2D eigenvalue weighted by Crippen LogP contribution is -2.26. The van der Waals surface area contributed by atoms with Gasteiger partial charge in [0.1, 0.15) is 10.6 Å². The van der Waals surface area contributed by atoms with Gasteiger partial charge in [0.15, 0.2) is 4.34 Å². The molecule has 3 heterocycles. The average molecular weight is 520 g/mol. The van der Waals surface area contributed by atoms with Gasteiger partial charge < -0.3 is 5.11 Å². The first-order valence-electron chi connectivity index (χ1n) is 11.9. The van der Waals surface area contributed by atoms with Gasteiger partial charge in [-0.05, 0) is 50.7 Å². The van der Waals surface area contributed by atoms with Gasteiger partial charge in [-0.1, -0.05) is 43.0 Å². The molecule has 0 fully saturated rings. The molecule has 0 saturated carbocycles. The summed E-state index contributed by atoms with van der Waals surface area (Å²) in [6.45, 7) is 5.49. The number of rotatable bonds is 11. The summed E-state index contributed by atoms with van der Waals surface area (Å²) in [6.07, 6.45) is 12.3. The second-order valence-corrected chi connectivity index (χ2v) is 11.8. The number of nitrogens with zero attached hydrogens (tertiary/aromatic N) is 5. The molecule has 7 nitrogen and oxygen atoms in total. The molecule has 4 rings (SSSR count). The van der Waals surface area contributed by atoms with E-state index in [0.29, 0.717) is 0 Å². The van der Waals surface area contributed by atoms with E-state index in [2.05, 4.69) is 56.1 Å². The highest BCUT2D eigenvalue weighted by Gasteiger charge is 2.30. The van der Waals surface area contributed by atoms with Crippen molar-refractivity contribution < 1.29 is 9.90 Å². The SMILES string of the molecule is CCc1cnc(C(CCc2csc(SC(C)(C)C(=O)O)n2)Cc2ccc(-c3cnccn3)cc2)nc1. The predicted octanol–water partition coefficient (Wildman–Crippen LogP) is 5.87. The van der Waals surface area contributed by atoms with Crippen molar-refractivity contribution in [3.8, 4) is 11.3 Å². The Balaban J connectivity index is 1.48. The van der Waals surface area contributed by atoms with Crippen molar-refractivity contribution in [2.45, 2.75) is 61.5 Å². The van der Waals surface area contributed by atoms with Crippen LogP contribution < -0.4 is 0 Å². The van der Waals surface area contributed by atoms with Crippen molar-refractivity contribution in [3.05, 3.63) is 83.3 Å². The highest BCUT2D eigenvalue weighted by molar-refractivity contribution is 8.03. The summed E-state index contributed by atoms with van der Waals surface area (Å²) in [5.41, 5.74) is 5.17. The van der Waals surface area contributed by atoms with Crippen LogP contribution in [0.25, 0.3) is 11.3 Å². The lowest BCUT2D eigenvalue weighted by molar-refractivity contribution is -0.138. The highest BCUT2D eigenvalue weighted by atomic mass is 32.2. The van der Waals surface area contributed by atoms with E-state index >= 15 is 0 Å². The monoisotopic (exact) mass is 519 g/mol. The Labute approximate surface area is 219 Å². The minimum Gasteiger partial charge on any atom is -0.480 e. The normalized spacial score (nSPS) is 12.4. The maximum atomic E-state index is 11.5. The van der Waals surface area contributed by atoms with Crippen LogP contribution in [0.4, 0.5) is 0 Å². The van der Waals surface area contributed by atoms with Crippen molar-refractivity contribution in [3.63, 3.8) is 0 Å². The molecule has 3 aromatic heterocycles. The number of aryl methyl sites for hydroxylation is 2. The van der Waals surface area contributed by atoms with Gasteiger partial charge in [-0.25, -0.2) is 15.0 Å². The number of aromatic nitrogens is 5. The number of aliphatic carboxylic acids is 1. The van der Waals surface area contributed by atoms with E-state index < -0.39 is 10.7 Å². The van der Waals surface area contributed by atoms with Crippen molar-refractivity contribution in [1.82, 2.24) is 24.9 Å². The topological polar surface area (TPSA) is 102 Å². The molecule has 0 radical (unpaired) electrons. The van der Waals surface area contributed by atoms with Gasteiger partial charge >= 0.3 is 5.97 Å². The van der Waals surface area contributed by atoms with Gasteiger partial charge in [0.25, 0.3) is 0 Å². The average Bonchev–Trinajstić information content (AvgIpc) is 3.34. The minimum atomic E-state index is -0.913. The van der Waals surface area contributed by atoms with Gasteiger partial charge in [0.05, 0.1) is 17.6 Å². The zero-order valence-electron chi connectivity index (χ0n) is 20.6. The van der Waals surface area contributed by atoms with Crippen LogP contribution >= 0.6 is 23.1 Å². The van der Waals surface area contributed by atoms with Crippen molar-refractivity contribution >= 4 is 29.1 Å². The van der Waals surface area contributed by atoms with E-state index in [1.807, 2.05) is 17.8 Å². The van der Waals surface area contributed by atoms with E-state index in [0.717, 1.165) is 58.4 Å². The number of thioether (sulfide) groups is 1. The predicted molar refractivity (Wildman–Crippen MR) is 143 cm³/mol. The highest BCUT2D eigenvalue weighted by Crippen LogP contribution is 2.35. The molecular weight excluding hydrogens is 490 g/mol. The minimum absolute atomic E-state index is 0.131. The summed E-state index contributed by atoms with van der Waals surface area (Å²) in [5, 5.41) is 11.4. The summed E-state index contributed by atoms with van der Waals surface area (Å²) >= 11 is 2.78. The molecule has 0 aliphatic heterocycles. The van der Waals surface area contributed by atoms with Crippen LogP contribution in [-0.2, 0) is 24.1 Å². The molecule has 0 spiro atoms. The van der Waals surface area contributed by atoms with Gasteiger partial charge in [-0.3, -0.25) is 14.8 Å². The Kier molecular flexibility index (Phi) is 8.43. The Morgan fingerprint density at radius 3 is 2.44 bits per heavy atom. The van der Waals surface area contributed by atoms with E-state index in [-0.39, 0.29) is 5.92 Å². The molecule has 0 bridgehead atoms. The molecule has 0 amide bonds. The summed E-state index contributed by atoms with van der Waals surface area (Å²) in [5.74, 6) is 0.121. The number of carboxylic acid groups (broad SMARTS) is 1. The zero-order chi connectivity index (χ0) is 25.5. The summed E-state index contributed by atoms with van der Waals surface area (Å²) in [7, 11) is 0. The molecule has 0 aliphatic rings. The molecule has 0 saturated heterocycles. The Morgan fingerprint density at radius 2 is 1.81 bits per heavy atom. The van der Waals surface area contributed by atoms with Gasteiger partial charge in [-0.15, -0.1) is 11.3 Å². The van der Waals surface area contributed by atoms with Crippen LogP contribution in [0.3, 0.4) is 0 Å². The Bertz CT molecular complexity index is 1280. The summed E-state index contributed by atoms with van der Waals surface area (Å²) in [4.78, 5) is 34.0. The molecule has 1 aromatic carbocycles. The van der Waals surface area contributed by atoms with E-state index in [1.54, 1.807) is 32.4 Å². The maximum absolute atomic E-state index is 11.5.